The fourth-order valence-corrected chi connectivity index (χ4v) is 4.76. The van der Waals surface area contributed by atoms with Gasteiger partial charge in [0, 0.05) is 28.4 Å². The number of aliphatic hydroxyl groups is 1. The molecule has 5 rings (SSSR count). The largest absolute Gasteiger partial charge is 0.490 e. The van der Waals surface area contributed by atoms with E-state index in [1.54, 1.807) is 24.3 Å². The van der Waals surface area contributed by atoms with Crippen molar-refractivity contribution in [1.29, 1.82) is 0 Å². The van der Waals surface area contributed by atoms with Crippen molar-refractivity contribution in [3.05, 3.63) is 102 Å². The molecule has 0 saturated heterocycles. The van der Waals surface area contributed by atoms with Gasteiger partial charge in [-0.05, 0) is 68.3 Å². The number of hydrogen-bond donors (Lipinski definition) is 4. The van der Waals surface area contributed by atoms with E-state index in [-0.39, 0.29) is 12.1 Å². The number of primary amides is 1. The number of carbonyl (C=O) groups is 1. The molecule has 0 radical (unpaired) electrons. The quantitative estimate of drug-likeness (QED) is 0.181. The summed E-state index contributed by atoms with van der Waals surface area (Å²) in [6.07, 6.45) is 0.0683. The minimum Gasteiger partial charge on any atom is -0.490 e. The molecule has 39 heavy (non-hydrogen) atoms. The summed E-state index contributed by atoms with van der Waals surface area (Å²) in [6.45, 7) is 4.77. The zero-order chi connectivity index (χ0) is 27.4. The van der Waals surface area contributed by atoms with E-state index < -0.39 is 12.0 Å². The van der Waals surface area contributed by atoms with Crippen LogP contribution in [0.1, 0.15) is 29.8 Å². The number of aromatic amines is 1. The van der Waals surface area contributed by atoms with E-state index >= 15 is 0 Å². The van der Waals surface area contributed by atoms with Crippen LogP contribution in [-0.2, 0) is 6.42 Å². The molecule has 200 valence electrons. The number of aliphatic hydroxyl groups excluding tert-OH is 1. The summed E-state index contributed by atoms with van der Waals surface area (Å²) in [6, 6.07) is 28.7. The lowest BCUT2D eigenvalue weighted by Gasteiger charge is -2.28. The zero-order valence-electron chi connectivity index (χ0n) is 22.1. The second kappa shape index (κ2) is 11.2. The number of carbonyl (C=O) groups excluding carboxylic acids is 1. The highest BCUT2D eigenvalue weighted by molar-refractivity contribution is 6.10. The number of benzene rings is 4. The Hall–Kier alpha value is -4.33. The topological polar surface area (TPSA) is 110 Å². The number of H-pyrrole nitrogens is 1. The van der Waals surface area contributed by atoms with E-state index in [0.717, 1.165) is 39.5 Å². The Morgan fingerprint density at radius 3 is 2.41 bits per heavy atom. The second-order valence-electron chi connectivity index (χ2n) is 10.4. The number of fused-ring (bicyclic) bond motifs is 3. The predicted octanol–water partition coefficient (Wildman–Crippen LogP) is 5.56. The van der Waals surface area contributed by atoms with Gasteiger partial charge in [0.1, 0.15) is 30.0 Å². The van der Waals surface area contributed by atoms with E-state index in [9.17, 15) is 9.90 Å². The lowest BCUT2D eigenvalue weighted by atomic mass is 9.94. The molecule has 0 spiro atoms. The van der Waals surface area contributed by atoms with Crippen molar-refractivity contribution in [2.75, 3.05) is 13.2 Å². The van der Waals surface area contributed by atoms with E-state index in [1.807, 2.05) is 60.7 Å². The van der Waals surface area contributed by atoms with E-state index in [1.165, 1.54) is 0 Å². The molecule has 0 fully saturated rings. The highest BCUT2D eigenvalue weighted by atomic mass is 16.5. The molecule has 1 heterocycles. The van der Waals surface area contributed by atoms with E-state index in [4.69, 9.17) is 15.2 Å². The maximum atomic E-state index is 11.6. The summed E-state index contributed by atoms with van der Waals surface area (Å²) in [5.41, 5.74) is 8.70. The van der Waals surface area contributed by atoms with Gasteiger partial charge in [0.15, 0.2) is 0 Å². The standard InChI is InChI=1S/C32H33N3O4/c1-32(2,18-21-14-16-23(17-15-21)39-28-12-6-4-9-25(28)31(33)37)34-19-22(36)20-38-29-13-7-11-27-30(29)24-8-3-5-10-26(24)35-27/h3-17,22,34-36H,18-20H2,1-2H3,(H2,33,37)/t22-/m0/s1. The zero-order valence-corrected chi connectivity index (χ0v) is 22.1. The SMILES string of the molecule is CC(C)(Cc1ccc(Oc2ccccc2C(N)=O)cc1)NC[C@H](O)COc1cccc2[nH]c3ccccc3c12. The first kappa shape index (κ1) is 26.3. The highest BCUT2D eigenvalue weighted by Crippen LogP contribution is 2.33. The Bertz CT molecular complexity index is 1590. The number of β-amino-alcohol motifs (C(OH)–C–C–N with tert-alkyl or cyclic N) is 1. The summed E-state index contributed by atoms with van der Waals surface area (Å²) in [4.78, 5) is 15.1. The summed E-state index contributed by atoms with van der Waals surface area (Å²) in [7, 11) is 0. The molecule has 7 heteroatoms. The Morgan fingerprint density at radius 1 is 0.923 bits per heavy atom. The molecule has 0 saturated carbocycles. The van der Waals surface area contributed by atoms with Gasteiger partial charge in [-0.1, -0.05) is 48.5 Å². The van der Waals surface area contributed by atoms with Crippen LogP contribution in [0.15, 0.2) is 91.0 Å². The van der Waals surface area contributed by atoms with Gasteiger partial charge < -0.3 is 30.6 Å². The van der Waals surface area contributed by atoms with Gasteiger partial charge >= 0.3 is 0 Å². The lowest BCUT2D eigenvalue weighted by molar-refractivity contribution is 0.0995. The summed E-state index contributed by atoms with van der Waals surface area (Å²) in [5.74, 6) is 1.27. The molecular weight excluding hydrogens is 490 g/mol. The minimum absolute atomic E-state index is 0.181. The van der Waals surface area contributed by atoms with Gasteiger partial charge in [-0.25, -0.2) is 0 Å². The van der Waals surface area contributed by atoms with Crippen LogP contribution in [0.5, 0.6) is 17.2 Å². The van der Waals surface area contributed by atoms with Crippen molar-refractivity contribution in [1.82, 2.24) is 10.3 Å². The number of ether oxygens (including phenoxy) is 2. The number of para-hydroxylation sites is 2. The molecule has 5 N–H and O–H groups in total. The molecule has 0 unspecified atom stereocenters. The second-order valence-corrected chi connectivity index (χ2v) is 10.4. The average molecular weight is 524 g/mol. The first-order chi connectivity index (χ1) is 18.8. The number of aromatic nitrogens is 1. The Kier molecular flexibility index (Phi) is 7.54. The summed E-state index contributed by atoms with van der Waals surface area (Å²) < 4.78 is 11.9. The van der Waals surface area contributed by atoms with Crippen molar-refractivity contribution in [3.63, 3.8) is 0 Å². The number of rotatable bonds is 11. The molecule has 5 aromatic rings. The molecular formula is C32H33N3O4. The maximum Gasteiger partial charge on any atom is 0.252 e. The normalized spacial score (nSPS) is 12.5. The van der Waals surface area contributed by atoms with Crippen LogP contribution in [0.3, 0.4) is 0 Å². The van der Waals surface area contributed by atoms with Crippen molar-refractivity contribution in [2.24, 2.45) is 5.73 Å². The highest BCUT2D eigenvalue weighted by Gasteiger charge is 2.20. The summed E-state index contributed by atoms with van der Waals surface area (Å²) in [5, 5.41) is 16.3. The van der Waals surface area contributed by atoms with Crippen LogP contribution in [0, 0.1) is 0 Å². The molecule has 1 amide bonds. The fraction of sp³-hybridized carbons (Fsp3) is 0.219. The first-order valence-electron chi connectivity index (χ1n) is 13.0. The van der Waals surface area contributed by atoms with Gasteiger partial charge in [0.25, 0.3) is 5.91 Å². The van der Waals surface area contributed by atoms with Crippen LogP contribution in [0.25, 0.3) is 21.8 Å². The average Bonchev–Trinajstić information content (AvgIpc) is 3.31. The van der Waals surface area contributed by atoms with Crippen molar-refractivity contribution < 1.29 is 19.4 Å². The molecule has 7 nitrogen and oxygen atoms in total. The number of amides is 1. The third-order valence-electron chi connectivity index (χ3n) is 6.69. The molecule has 1 atom stereocenters. The molecule has 0 aliphatic heterocycles. The van der Waals surface area contributed by atoms with Crippen LogP contribution >= 0.6 is 0 Å². The smallest absolute Gasteiger partial charge is 0.252 e. The molecule has 1 aromatic heterocycles. The molecule has 0 bridgehead atoms. The summed E-state index contributed by atoms with van der Waals surface area (Å²) >= 11 is 0. The third-order valence-corrected chi connectivity index (χ3v) is 6.69. The van der Waals surface area contributed by atoms with Crippen molar-refractivity contribution >= 4 is 27.7 Å². The number of hydrogen-bond acceptors (Lipinski definition) is 5. The third kappa shape index (κ3) is 6.22. The van der Waals surface area contributed by atoms with Crippen molar-refractivity contribution in [2.45, 2.75) is 31.9 Å². The predicted molar refractivity (Wildman–Crippen MR) is 155 cm³/mol. The van der Waals surface area contributed by atoms with E-state index in [0.29, 0.717) is 23.6 Å². The molecule has 0 aliphatic carbocycles. The maximum absolute atomic E-state index is 11.6. The van der Waals surface area contributed by atoms with Gasteiger partial charge in [-0.2, -0.15) is 0 Å². The van der Waals surface area contributed by atoms with Crippen LogP contribution in [0.4, 0.5) is 0 Å². The molecule has 0 aliphatic rings. The lowest BCUT2D eigenvalue weighted by Crippen LogP contribution is -2.46. The van der Waals surface area contributed by atoms with Gasteiger partial charge in [0.05, 0.1) is 11.1 Å². The Balaban J connectivity index is 1.15. The monoisotopic (exact) mass is 523 g/mol. The van der Waals surface area contributed by atoms with Gasteiger partial charge in [0.2, 0.25) is 0 Å². The van der Waals surface area contributed by atoms with Gasteiger partial charge in [-0.15, -0.1) is 0 Å². The van der Waals surface area contributed by atoms with Crippen molar-refractivity contribution in [3.8, 4) is 17.2 Å². The fourth-order valence-electron chi connectivity index (χ4n) is 4.76. The number of nitrogens with two attached hydrogens (primary N) is 1. The Morgan fingerprint density at radius 2 is 1.62 bits per heavy atom. The molecule has 4 aromatic carbocycles. The van der Waals surface area contributed by atoms with Gasteiger partial charge in [-0.3, -0.25) is 4.79 Å². The van der Waals surface area contributed by atoms with E-state index in [2.05, 4.69) is 30.2 Å². The van der Waals surface area contributed by atoms with Crippen LogP contribution in [0.2, 0.25) is 0 Å². The van der Waals surface area contributed by atoms with Crippen LogP contribution in [-0.4, -0.2) is 40.8 Å². The minimum atomic E-state index is -0.675. The Labute approximate surface area is 227 Å². The van der Waals surface area contributed by atoms with Crippen LogP contribution < -0.4 is 20.5 Å². The number of nitrogens with one attached hydrogen (secondary N) is 2. The first-order valence-corrected chi connectivity index (χ1v) is 13.0.